The molecule has 0 saturated heterocycles. The number of aliphatic imine (C=N–C) groups is 1. The van der Waals surface area contributed by atoms with Crippen molar-refractivity contribution in [2.45, 2.75) is 24.8 Å². The molecule has 0 aliphatic heterocycles. The van der Waals surface area contributed by atoms with E-state index in [1.54, 1.807) is 0 Å². The molecule has 15 heavy (non-hydrogen) atoms. The summed E-state index contributed by atoms with van der Waals surface area (Å²) in [6.07, 6.45) is 3.87. The van der Waals surface area contributed by atoms with E-state index in [0.29, 0.717) is 5.92 Å². The minimum atomic E-state index is -0.707. The molecule has 2 rings (SSSR count). The molecule has 0 N–H and O–H groups in total. The normalized spacial score (nSPS) is 16.2. The molecule has 3 nitrogen and oxygen atoms in total. The minimum Gasteiger partial charge on any atom is -0.211 e. The second-order valence-electron chi connectivity index (χ2n) is 3.70. The molecule has 1 atom stereocenters. The molecule has 1 aliphatic rings. The fourth-order valence-electron chi connectivity index (χ4n) is 1.63. The predicted octanol–water partition coefficient (Wildman–Crippen LogP) is 2.46. The van der Waals surface area contributed by atoms with Gasteiger partial charge in [0.2, 0.25) is 6.08 Å². The minimum absolute atomic E-state index is 0.643. The first kappa shape index (κ1) is 9.64. The van der Waals surface area contributed by atoms with Gasteiger partial charge in [-0.05, 0) is 29.9 Å². The van der Waals surface area contributed by atoms with Crippen LogP contribution in [0.3, 0.4) is 0 Å². The quantitative estimate of drug-likeness (QED) is 0.553. The van der Waals surface area contributed by atoms with Crippen LogP contribution < -0.4 is 0 Å². The molecule has 1 aromatic carbocycles. The molecule has 0 bridgehead atoms. The molecule has 74 valence electrons. The van der Waals surface area contributed by atoms with Crippen LogP contribution in [0.1, 0.15) is 35.9 Å². The molecule has 1 aromatic rings. The van der Waals surface area contributed by atoms with Crippen LogP contribution in [0.25, 0.3) is 0 Å². The summed E-state index contributed by atoms with van der Waals surface area (Å²) in [5.41, 5.74) is 2.03. The van der Waals surface area contributed by atoms with Crippen LogP contribution in [0.15, 0.2) is 29.3 Å². The van der Waals surface area contributed by atoms with Gasteiger partial charge in [0.15, 0.2) is 6.04 Å². The smallest absolute Gasteiger partial charge is 0.211 e. The van der Waals surface area contributed by atoms with Gasteiger partial charge in [0.1, 0.15) is 0 Å². The highest BCUT2D eigenvalue weighted by Gasteiger charge is 2.24. The van der Waals surface area contributed by atoms with E-state index in [-0.39, 0.29) is 0 Å². The Hall–Kier alpha value is -1.91. The van der Waals surface area contributed by atoms with Crippen molar-refractivity contribution < 1.29 is 4.79 Å². The lowest BCUT2D eigenvalue weighted by molar-refractivity contribution is 0.561. The SMILES string of the molecule is N#CC(N=C=O)c1cccc(C2CC2)c1. The first-order chi connectivity index (χ1) is 7.35. The summed E-state index contributed by atoms with van der Waals surface area (Å²) in [5, 5.41) is 8.83. The van der Waals surface area contributed by atoms with Crippen LogP contribution in [0.2, 0.25) is 0 Å². The van der Waals surface area contributed by atoms with Crippen LogP contribution >= 0.6 is 0 Å². The van der Waals surface area contributed by atoms with Crippen molar-refractivity contribution >= 4 is 6.08 Å². The van der Waals surface area contributed by atoms with Crippen molar-refractivity contribution in [3.05, 3.63) is 35.4 Å². The van der Waals surface area contributed by atoms with E-state index in [9.17, 15) is 4.79 Å². The maximum atomic E-state index is 10.1. The Balaban J connectivity index is 2.30. The van der Waals surface area contributed by atoms with Crippen molar-refractivity contribution in [3.8, 4) is 6.07 Å². The summed E-state index contributed by atoms with van der Waals surface area (Å²) < 4.78 is 0. The Morgan fingerprint density at radius 2 is 2.27 bits per heavy atom. The number of isocyanates is 1. The Labute approximate surface area is 88.1 Å². The molecule has 1 unspecified atom stereocenters. The highest BCUT2D eigenvalue weighted by molar-refractivity contribution is 5.39. The summed E-state index contributed by atoms with van der Waals surface area (Å²) in [5.74, 6) is 0.643. The monoisotopic (exact) mass is 198 g/mol. The molecule has 0 aromatic heterocycles. The number of nitrogens with zero attached hydrogens (tertiary/aromatic N) is 2. The Kier molecular flexibility index (Phi) is 2.62. The largest absolute Gasteiger partial charge is 0.236 e. The standard InChI is InChI=1S/C12H10N2O/c13-7-12(14-8-15)11-3-1-2-10(6-11)9-4-5-9/h1-3,6,9,12H,4-5H2. The summed E-state index contributed by atoms with van der Waals surface area (Å²) in [7, 11) is 0. The highest BCUT2D eigenvalue weighted by Crippen LogP contribution is 2.40. The van der Waals surface area contributed by atoms with E-state index in [1.807, 2.05) is 24.3 Å². The van der Waals surface area contributed by atoms with Gasteiger partial charge in [0, 0.05) is 0 Å². The Morgan fingerprint density at radius 1 is 1.47 bits per heavy atom. The van der Waals surface area contributed by atoms with Crippen molar-refractivity contribution in [2.24, 2.45) is 4.99 Å². The van der Waals surface area contributed by atoms with Crippen LogP contribution in [-0.4, -0.2) is 6.08 Å². The van der Waals surface area contributed by atoms with Gasteiger partial charge < -0.3 is 0 Å². The van der Waals surface area contributed by atoms with E-state index in [2.05, 4.69) is 11.1 Å². The van der Waals surface area contributed by atoms with E-state index >= 15 is 0 Å². The molecule has 0 heterocycles. The van der Waals surface area contributed by atoms with E-state index < -0.39 is 6.04 Å². The predicted molar refractivity (Wildman–Crippen MR) is 54.9 cm³/mol. The molecule has 1 fully saturated rings. The number of benzene rings is 1. The third kappa shape index (κ3) is 2.12. The van der Waals surface area contributed by atoms with Crippen molar-refractivity contribution in [2.75, 3.05) is 0 Å². The van der Waals surface area contributed by atoms with Crippen LogP contribution in [0, 0.1) is 11.3 Å². The average molecular weight is 198 g/mol. The maximum absolute atomic E-state index is 10.1. The molecule has 0 spiro atoms. The fourth-order valence-corrected chi connectivity index (χ4v) is 1.63. The highest BCUT2D eigenvalue weighted by atomic mass is 16.1. The third-order valence-corrected chi connectivity index (χ3v) is 2.58. The average Bonchev–Trinajstić information content (AvgIpc) is 3.10. The molecule has 1 aliphatic carbocycles. The number of hydrogen-bond acceptors (Lipinski definition) is 3. The summed E-state index contributed by atoms with van der Waals surface area (Å²) in [6, 6.07) is 9.02. The van der Waals surface area contributed by atoms with E-state index in [0.717, 1.165) is 5.56 Å². The van der Waals surface area contributed by atoms with Gasteiger partial charge in [-0.3, -0.25) is 0 Å². The Bertz CT molecular complexity index is 451. The number of hydrogen-bond donors (Lipinski definition) is 0. The number of rotatable bonds is 3. The number of nitriles is 1. The van der Waals surface area contributed by atoms with Crippen LogP contribution in [0.5, 0.6) is 0 Å². The molecule has 3 heteroatoms. The van der Waals surface area contributed by atoms with E-state index in [1.165, 1.54) is 24.5 Å². The molecule has 0 radical (unpaired) electrons. The first-order valence-electron chi connectivity index (χ1n) is 4.91. The van der Waals surface area contributed by atoms with Crippen molar-refractivity contribution in [1.82, 2.24) is 0 Å². The first-order valence-corrected chi connectivity index (χ1v) is 4.91. The summed E-state index contributed by atoms with van der Waals surface area (Å²) >= 11 is 0. The van der Waals surface area contributed by atoms with Gasteiger partial charge in [-0.25, -0.2) is 4.79 Å². The second kappa shape index (κ2) is 4.08. The third-order valence-electron chi connectivity index (χ3n) is 2.58. The van der Waals surface area contributed by atoms with E-state index in [4.69, 9.17) is 5.26 Å². The van der Waals surface area contributed by atoms with Gasteiger partial charge in [-0.1, -0.05) is 24.3 Å². The zero-order valence-corrected chi connectivity index (χ0v) is 8.18. The topological polar surface area (TPSA) is 53.2 Å². The molecular weight excluding hydrogens is 188 g/mol. The lowest BCUT2D eigenvalue weighted by atomic mass is 10.0. The molecular formula is C12H10N2O. The van der Waals surface area contributed by atoms with Crippen LogP contribution in [-0.2, 0) is 4.79 Å². The van der Waals surface area contributed by atoms with Gasteiger partial charge in [0.05, 0.1) is 6.07 Å². The zero-order valence-electron chi connectivity index (χ0n) is 8.18. The summed E-state index contributed by atoms with van der Waals surface area (Å²) in [6.45, 7) is 0. The Morgan fingerprint density at radius 3 is 2.87 bits per heavy atom. The van der Waals surface area contributed by atoms with Crippen molar-refractivity contribution in [3.63, 3.8) is 0 Å². The maximum Gasteiger partial charge on any atom is 0.236 e. The number of carbonyl (C=O) groups excluding carboxylic acids is 1. The zero-order chi connectivity index (χ0) is 10.7. The van der Waals surface area contributed by atoms with Gasteiger partial charge in [0.25, 0.3) is 0 Å². The van der Waals surface area contributed by atoms with Gasteiger partial charge in [-0.2, -0.15) is 10.3 Å². The molecule has 0 amide bonds. The van der Waals surface area contributed by atoms with Gasteiger partial charge in [-0.15, -0.1) is 0 Å². The van der Waals surface area contributed by atoms with Crippen molar-refractivity contribution in [1.29, 1.82) is 5.26 Å². The second-order valence-corrected chi connectivity index (χ2v) is 3.70. The van der Waals surface area contributed by atoms with Gasteiger partial charge >= 0.3 is 0 Å². The summed E-state index contributed by atoms with van der Waals surface area (Å²) in [4.78, 5) is 13.6. The molecule has 1 saturated carbocycles. The lowest BCUT2D eigenvalue weighted by Gasteiger charge is -2.04. The van der Waals surface area contributed by atoms with Crippen LogP contribution in [0.4, 0.5) is 0 Å². The fraction of sp³-hybridized carbons (Fsp3) is 0.333. The lowest BCUT2D eigenvalue weighted by Crippen LogP contribution is -1.92.